The van der Waals surface area contributed by atoms with Gasteiger partial charge in [0, 0.05) is 28.2 Å². The minimum Gasteiger partial charge on any atom is -0.539 e. The highest BCUT2D eigenvalue weighted by molar-refractivity contribution is 8.08. The number of halogens is 2. The molecule has 0 bridgehead atoms. The van der Waals surface area contributed by atoms with Crippen LogP contribution in [-0.2, 0) is 6.54 Å². The number of hydrogen-bond donors (Lipinski definition) is 1. The molecular weight excluding hydrogens is 573 g/mol. The highest BCUT2D eigenvalue weighted by Gasteiger charge is 2.30. The van der Waals surface area contributed by atoms with E-state index < -0.39 is 5.95 Å². The Kier molecular flexibility index (Phi) is 7.08. The van der Waals surface area contributed by atoms with E-state index >= 15 is 0 Å². The van der Waals surface area contributed by atoms with E-state index in [1.165, 1.54) is 21.1 Å². The Morgan fingerprint density at radius 2 is 1.68 bits per heavy atom. The van der Waals surface area contributed by atoms with Crippen LogP contribution in [0.2, 0.25) is 10.0 Å². The summed E-state index contributed by atoms with van der Waals surface area (Å²) < 4.78 is 7.87. The van der Waals surface area contributed by atoms with E-state index in [-0.39, 0.29) is 23.9 Å². The van der Waals surface area contributed by atoms with Crippen LogP contribution in [-0.4, -0.2) is 31.8 Å². The maximum atomic E-state index is 13.0. The van der Waals surface area contributed by atoms with Crippen molar-refractivity contribution in [1.82, 2.24) is 25.5 Å². The minimum atomic E-state index is -0.705. The third-order valence-corrected chi connectivity index (χ3v) is 7.47. The van der Waals surface area contributed by atoms with Crippen molar-refractivity contribution in [3.63, 3.8) is 0 Å². The lowest BCUT2D eigenvalue weighted by Gasteiger charge is -2.09. The van der Waals surface area contributed by atoms with Gasteiger partial charge in [-0.1, -0.05) is 65.7 Å². The van der Waals surface area contributed by atoms with Crippen molar-refractivity contribution in [2.24, 2.45) is 5.10 Å². The number of hydrogen-bond acceptors (Lipinski definition) is 8. The van der Waals surface area contributed by atoms with Crippen LogP contribution in [0.25, 0.3) is 10.6 Å². The molecule has 2 aromatic heterocycles. The van der Waals surface area contributed by atoms with Crippen molar-refractivity contribution >= 4 is 51.5 Å². The molecule has 13 heteroatoms. The summed E-state index contributed by atoms with van der Waals surface area (Å²) in [5.74, 6) is -0.656. The fourth-order valence-electron chi connectivity index (χ4n) is 3.99. The number of carbonyl (C=O) groups is 1. The molecule has 3 aromatic carbocycles. The highest BCUT2D eigenvalue weighted by Crippen LogP contribution is 2.42. The van der Waals surface area contributed by atoms with Gasteiger partial charge < -0.3 is 14.9 Å². The molecule has 0 aliphatic carbocycles. The second kappa shape index (κ2) is 11.0. The van der Waals surface area contributed by atoms with Crippen molar-refractivity contribution in [3.8, 4) is 11.6 Å². The van der Waals surface area contributed by atoms with E-state index in [1.54, 1.807) is 60.7 Å². The van der Waals surface area contributed by atoms with Crippen molar-refractivity contribution in [2.75, 3.05) is 0 Å². The maximum Gasteiger partial charge on any atom is 0.290 e. The molecule has 0 radical (unpaired) electrons. The zero-order chi connectivity index (χ0) is 27.6. The first-order chi connectivity index (χ1) is 19.5. The zero-order valence-electron chi connectivity index (χ0n) is 20.4. The van der Waals surface area contributed by atoms with E-state index in [2.05, 4.69) is 20.8 Å². The summed E-state index contributed by atoms with van der Waals surface area (Å²) in [5, 5.41) is 34.2. The van der Waals surface area contributed by atoms with Crippen LogP contribution in [0.15, 0.2) is 99.7 Å². The third kappa shape index (κ3) is 4.97. The minimum absolute atomic E-state index is 0.0206. The Labute approximate surface area is 241 Å². The van der Waals surface area contributed by atoms with E-state index in [0.29, 0.717) is 42.7 Å². The summed E-state index contributed by atoms with van der Waals surface area (Å²) >= 11 is 14.3. The van der Waals surface area contributed by atoms with Gasteiger partial charge in [0.25, 0.3) is 11.6 Å². The number of benzene rings is 3. The van der Waals surface area contributed by atoms with Crippen LogP contribution in [0.3, 0.4) is 0 Å². The molecule has 1 N–H and O–H groups in total. The highest BCUT2D eigenvalue weighted by atomic mass is 35.5. The molecule has 0 saturated carbocycles. The molecule has 3 heterocycles. The van der Waals surface area contributed by atoms with Gasteiger partial charge in [0.2, 0.25) is 10.8 Å². The second-order valence-electron chi connectivity index (χ2n) is 8.41. The predicted octanol–water partition coefficient (Wildman–Crippen LogP) is 4.25. The van der Waals surface area contributed by atoms with Crippen LogP contribution in [0.1, 0.15) is 27.4 Å². The van der Waals surface area contributed by atoms with Gasteiger partial charge in [-0.05, 0) is 46.8 Å². The predicted molar refractivity (Wildman–Crippen MR) is 147 cm³/mol. The standard InChI is InChI=1S/C27H17Cl2N7O3S/c28-18-12-7-13-19(29)23(18)21-14-20(24-26(38)39-34-35(24)17-10-5-2-6-11-17)33-36-22(31-32-27(36)40-21)15-30-25(37)16-8-3-1-4-9-16/h1-14H,15H2,(H-,30,33,34,37,38). The second-order valence-corrected chi connectivity index (χ2v) is 10.2. The quantitative estimate of drug-likeness (QED) is 0.293. The number of fused-ring (bicyclic) bond motifs is 1. The van der Waals surface area contributed by atoms with Crippen LogP contribution in [0.4, 0.5) is 0 Å². The first kappa shape index (κ1) is 25.8. The van der Waals surface area contributed by atoms with Gasteiger partial charge in [-0.15, -0.1) is 10.2 Å². The fraction of sp³-hybridized carbons (Fsp3) is 0.0370. The zero-order valence-corrected chi connectivity index (χ0v) is 22.7. The molecule has 6 rings (SSSR count). The van der Waals surface area contributed by atoms with Gasteiger partial charge in [0.15, 0.2) is 17.5 Å². The van der Waals surface area contributed by atoms with Gasteiger partial charge in [-0.3, -0.25) is 4.79 Å². The van der Waals surface area contributed by atoms with Crippen molar-refractivity contribution in [3.05, 3.63) is 118 Å². The summed E-state index contributed by atoms with van der Waals surface area (Å²) in [7, 11) is 0. The Morgan fingerprint density at radius 1 is 0.975 bits per heavy atom. The molecule has 0 fully saturated rings. The lowest BCUT2D eigenvalue weighted by molar-refractivity contribution is -0.671. The summed E-state index contributed by atoms with van der Waals surface area (Å²) in [5.41, 5.74) is 1.89. The molecule has 0 atom stereocenters. The van der Waals surface area contributed by atoms with E-state index in [1.807, 2.05) is 24.3 Å². The number of rotatable bonds is 6. The van der Waals surface area contributed by atoms with Gasteiger partial charge in [-0.25, -0.2) is 0 Å². The molecule has 5 aromatic rings. The molecular formula is C27H17Cl2N7O3S. The maximum absolute atomic E-state index is 13.0. The lowest BCUT2D eigenvalue weighted by atomic mass is 10.1. The number of amides is 1. The van der Waals surface area contributed by atoms with E-state index in [9.17, 15) is 9.90 Å². The van der Waals surface area contributed by atoms with Crippen LogP contribution >= 0.6 is 35.0 Å². The largest absolute Gasteiger partial charge is 0.539 e. The fourth-order valence-corrected chi connectivity index (χ4v) is 5.71. The summed E-state index contributed by atoms with van der Waals surface area (Å²) in [6.07, 6.45) is 1.67. The third-order valence-electron chi connectivity index (χ3n) is 5.86. The smallest absolute Gasteiger partial charge is 0.290 e. The van der Waals surface area contributed by atoms with Gasteiger partial charge in [0.1, 0.15) is 0 Å². The van der Waals surface area contributed by atoms with E-state index in [0.717, 1.165) is 0 Å². The average Bonchev–Trinajstić information content (AvgIpc) is 3.48. The summed E-state index contributed by atoms with van der Waals surface area (Å²) in [6.45, 7) is 0.0206. The van der Waals surface area contributed by atoms with Gasteiger partial charge >= 0.3 is 0 Å². The van der Waals surface area contributed by atoms with Crippen LogP contribution < -0.4 is 15.1 Å². The van der Waals surface area contributed by atoms with Crippen molar-refractivity contribution in [2.45, 2.75) is 11.7 Å². The van der Waals surface area contributed by atoms with Gasteiger partial charge in [-0.2, -0.15) is 9.78 Å². The SMILES string of the molecule is O=C(NCc1nnc2n1N=C(c1c([O-])on[n+]1-c1ccccc1)C=C(c1c(Cl)cccc1Cl)S2)c1ccccc1. The molecule has 0 unspecified atom stereocenters. The normalized spacial score (nSPS) is 12.8. The Bertz CT molecular complexity index is 1770. The molecule has 0 spiro atoms. The molecule has 1 aliphatic heterocycles. The summed E-state index contributed by atoms with van der Waals surface area (Å²) in [4.78, 5) is 13.2. The van der Waals surface area contributed by atoms with Gasteiger partial charge in [0.05, 0.1) is 21.9 Å². The number of nitrogens with one attached hydrogen (secondary N) is 1. The Balaban J connectivity index is 1.47. The number of carbonyl (C=O) groups excluding carboxylic acids is 1. The van der Waals surface area contributed by atoms with Crippen molar-refractivity contribution < 1.29 is 19.1 Å². The first-order valence-electron chi connectivity index (χ1n) is 11.8. The monoisotopic (exact) mass is 589 g/mol. The molecule has 10 nitrogen and oxygen atoms in total. The molecule has 198 valence electrons. The molecule has 40 heavy (non-hydrogen) atoms. The average molecular weight is 590 g/mol. The number of allylic oxidation sites excluding steroid dienone is 1. The molecule has 1 aliphatic rings. The van der Waals surface area contributed by atoms with Crippen molar-refractivity contribution in [1.29, 1.82) is 0 Å². The van der Waals surface area contributed by atoms with Crippen LogP contribution in [0, 0.1) is 0 Å². The topological polar surface area (TPSA) is 125 Å². The molecule has 0 saturated heterocycles. The summed E-state index contributed by atoms with van der Waals surface area (Å²) in [6, 6.07) is 23.0. The number of nitrogens with zero attached hydrogens (tertiary/aromatic N) is 6. The first-order valence-corrected chi connectivity index (χ1v) is 13.4. The number of para-hydroxylation sites is 1. The number of aromatic nitrogens is 5. The van der Waals surface area contributed by atoms with Crippen LogP contribution in [0.5, 0.6) is 5.95 Å². The number of thioether (sulfide) groups is 1. The molecule has 1 amide bonds. The lowest BCUT2D eigenvalue weighted by Crippen LogP contribution is -2.39. The Morgan fingerprint density at radius 3 is 2.40 bits per heavy atom. The Hall–Kier alpha value is -4.45. The van der Waals surface area contributed by atoms with E-state index in [4.69, 9.17) is 32.8 Å².